The molecule has 0 aromatic rings. The van der Waals surface area contributed by atoms with Crippen LogP contribution < -0.4 is 11.1 Å². The van der Waals surface area contributed by atoms with E-state index in [2.05, 4.69) is 24.2 Å². The van der Waals surface area contributed by atoms with Crippen LogP contribution in [0.1, 0.15) is 34.1 Å². The van der Waals surface area contributed by atoms with Crippen molar-refractivity contribution in [2.24, 2.45) is 16.6 Å². The van der Waals surface area contributed by atoms with Crippen LogP contribution in [0.25, 0.3) is 0 Å². The van der Waals surface area contributed by atoms with E-state index in [9.17, 15) is 0 Å². The molecule has 0 aromatic heterocycles. The molecule has 0 heterocycles. The number of methoxy groups -OCH3 is 1. The number of nitrogens with one attached hydrogen (secondary N) is 1. The number of guanidine groups is 1. The highest BCUT2D eigenvalue weighted by Gasteiger charge is 2.15. The molecule has 0 bridgehead atoms. The van der Waals surface area contributed by atoms with Crippen LogP contribution >= 0.6 is 24.0 Å². The molecule has 0 amide bonds. The van der Waals surface area contributed by atoms with Crippen molar-refractivity contribution in [1.82, 2.24) is 5.32 Å². The van der Waals surface area contributed by atoms with Crippen LogP contribution in [0.2, 0.25) is 0 Å². The first-order chi connectivity index (χ1) is 6.87. The minimum absolute atomic E-state index is 0. The van der Waals surface area contributed by atoms with Crippen molar-refractivity contribution in [3.05, 3.63) is 0 Å². The van der Waals surface area contributed by atoms with Gasteiger partial charge in [0.1, 0.15) is 0 Å². The zero-order chi connectivity index (χ0) is 11.9. The van der Waals surface area contributed by atoms with Crippen LogP contribution in [-0.4, -0.2) is 31.8 Å². The fourth-order valence-corrected chi connectivity index (χ4v) is 0.885. The molecule has 0 aliphatic carbocycles. The molecule has 0 aliphatic rings. The maximum Gasteiger partial charge on any atom is 0.188 e. The lowest BCUT2D eigenvalue weighted by molar-refractivity contribution is 0.0311. The van der Waals surface area contributed by atoms with E-state index in [1.54, 1.807) is 7.11 Å². The van der Waals surface area contributed by atoms with Crippen molar-refractivity contribution < 1.29 is 4.74 Å². The lowest BCUT2D eigenvalue weighted by Gasteiger charge is -2.20. The number of nitrogens with two attached hydrogens (primary N) is 1. The fraction of sp³-hybridized carbons (Fsp3) is 0.909. The third-order valence-corrected chi connectivity index (χ3v) is 2.21. The summed E-state index contributed by atoms with van der Waals surface area (Å²) in [6, 6.07) is 0. The molecule has 98 valence electrons. The van der Waals surface area contributed by atoms with Crippen LogP contribution in [0, 0.1) is 5.92 Å². The van der Waals surface area contributed by atoms with Gasteiger partial charge in [-0.05, 0) is 26.2 Å². The van der Waals surface area contributed by atoms with Gasteiger partial charge in [0, 0.05) is 13.7 Å². The van der Waals surface area contributed by atoms with E-state index in [1.165, 1.54) is 0 Å². The van der Waals surface area contributed by atoms with Gasteiger partial charge < -0.3 is 15.8 Å². The molecular formula is C11H26IN3O. The van der Waals surface area contributed by atoms with Crippen LogP contribution in [0.15, 0.2) is 4.99 Å². The van der Waals surface area contributed by atoms with Gasteiger partial charge in [0.05, 0.1) is 12.1 Å². The molecule has 3 N–H and O–H groups in total. The number of nitrogens with zero attached hydrogens (tertiary/aromatic N) is 1. The second-order valence-corrected chi connectivity index (χ2v) is 4.77. The average Bonchev–Trinajstić information content (AvgIpc) is 2.14. The predicted octanol–water partition coefficient (Wildman–Crippen LogP) is 1.98. The normalized spacial score (nSPS) is 12.5. The minimum atomic E-state index is -0.246. The summed E-state index contributed by atoms with van der Waals surface area (Å²) in [6.45, 7) is 9.78. The summed E-state index contributed by atoms with van der Waals surface area (Å²) in [5, 5.41) is 3.08. The SMILES string of the molecule is COC(C)(C)CN=C(N)NCCC(C)C.I. The lowest BCUT2D eigenvalue weighted by Crippen LogP contribution is -2.35. The Morgan fingerprint density at radius 3 is 2.44 bits per heavy atom. The Bertz CT molecular complexity index is 205. The summed E-state index contributed by atoms with van der Waals surface area (Å²) in [4.78, 5) is 4.22. The summed E-state index contributed by atoms with van der Waals surface area (Å²) in [5.41, 5.74) is 5.46. The van der Waals surface area contributed by atoms with E-state index in [0.717, 1.165) is 13.0 Å². The summed E-state index contributed by atoms with van der Waals surface area (Å²) >= 11 is 0. The highest BCUT2D eigenvalue weighted by molar-refractivity contribution is 14.0. The maximum atomic E-state index is 5.71. The lowest BCUT2D eigenvalue weighted by atomic mass is 10.1. The molecule has 0 spiro atoms. The number of rotatable bonds is 6. The van der Waals surface area contributed by atoms with Gasteiger partial charge in [0.15, 0.2) is 5.96 Å². The summed E-state index contributed by atoms with van der Waals surface area (Å²) < 4.78 is 5.24. The van der Waals surface area contributed by atoms with E-state index in [1.807, 2.05) is 13.8 Å². The van der Waals surface area contributed by atoms with Crippen LogP contribution in [0.5, 0.6) is 0 Å². The summed E-state index contributed by atoms with van der Waals surface area (Å²) in [7, 11) is 1.68. The maximum absolute atomic E-state index is 5.71. The van der Waals surface area contributed by atoms with Crippen molar-refractivity contribution >= 4 is 29.9 Å². The molecule has 0 atom stereocenters. The van der Waals surface area contributed by atoms with E-state index in [-0.39, 0.29) is 29.6 Å². The first kappa shape index (κ1) is 18.3. The second kappa shape index (κ2) is 9.04. The van der Waals surface area contributed by atoms with Gasteiger partial charge >= 0.3 is 0 Å². The molecule has 4 nitrogen and oxygen atoms in total. The van der Waals surface area contributed by atoms with Crippen molar-refractivity contribution in [3.8, 4) is 0 Å². The Labute approximate surface area is 116 Å². The third kappa shape index (κ3) is 10.5. The van der Waals surface area contributed by atoms with Gasteiger partial charge in [0.2, 0.25) is 0 Å². The molecule has 0 rings (SSSR count). The van der Waals surface area contributed by atoms with E-state index in [0.29, 0.717) is 18.4 Å². The van der Waals surface area contributed by atoms with Crippen molar-refractivity contribution in [2.45, 2.75) is 39.7 Å². The molecule has 0 saturated heterocycles. The number of hydrogen-bond acceptors (Lipinski definition) is 2. The van der Waals surface area contributed by atoms with Gasteiger partial charge in [-0.2, -0.15) is 0 Å². The van der Waals surface area contributed by atoms with Gasteiger partial charge in [-0.3, -0.25) is 4.99 Å². The third-order valence-electron chi connectivity index (χ3n) is 2.21. The smallest absolute Gasteiger partial charge is 0.188 e. The van der Waals surface area contributed by atoms with Crippen molar-refractivity contribution in [3.63, 3.8) is 0 Å². The molecule has 0 aliphatic heterocycles. The molecule has 5 heteroatoms. The van der Waals surface area contributed by atoms with Crippen molar-refractivity contribution in [2.75, 3.05) is 20.2 Å². The first-order valence-corrected chi connectivity index (χ1v) is 5.46. The highest BCUT2D eigenvalue weighted by Crippen LogP contribution is 2.06. The van der Waals surface area contributed by atoms with E-state index in [4.69, 9.17) is 10.5 Å². The number of halogens is 1. The molecule has 0 unspecified atom stereocenters. The van der Waals surface area contributed by atoms with Gasteiger partial charge in [-0.15, -0.1) is 24.0 Å². The molecule has 0 saturated carbocycles. The first-order valence-electron chi connectivity index (χ1n) is 5.46. The highest BCUT2D eigenvalue weighted by atomic mass is 127. The zero-order valence-electron chi connectivity index (χ0n) is 11.0. The Morgan fingerprint density at radius 2 is 2.00 bits per heavy atom. The quantitative estimate of drug-likeness (QED) is 0.440. The molecule has 0 fully saturated rings. The fourth-order valence-electron chi connectivity index (χ4n) is 0.885. The predicted molar refractivity (Wildman–Crippen MR) is 80.5 cm³/mol. The standard InChI is InChI=1S/C11H25N3O.HI/c1-9(2)6-7-13-10(12)14-8-11(3,4)15-5;/h9H,6-8H2,1-5H3,(H3,12,13,14);1H. The van der Waals surface area contributed by atoms with E-state index < -0.39 is 0 Å². The van der Waals surface area contributed by atoms with Crippen LogP contribution in [0.4, 0.5) is 0 Å². The number of ether oxygens (including phenoxy) is 1. The summed E-state index contributed by atoms with van der Waals surface area (Å²) in [5.74, 6) is 1.18. The minimum Gasteiger partial charge on any atom is -0.377 e. The monoisotopic (exact) mass is 343 g/mol. The van der Waals surface area contributed by atoms with Gasteiger partial charge in [-0.1, -0.05) is 13.8 Å². The number of aliphatic imine (C=N–C) groups is 1. The van der Waals surface area contributed by atoms with Gasteiger partial charge in [-0.25, -0.2) is 0 Å². The number of hydrogen-bond donors (Lipinski definition) is 2. The molecular weight excluding hydrogens is 317 g/mol. The van der Waals surface area contributed by atoms with Crippen LogP contribution in [0.3, 0.4) is 0 Å². The second-order valence-electron chi connectivity index (χ2n) is 4.77. The zero-order valence-corrected chi connectivity index (χ0v) is 13.4. The molecule has 16 heavy (non-hydrogen) atoms. The van der Waals surface area contributed by atoms with E-state index >= 15 is 0 Å². The van der Waals surface area contributed by atoms with Crippen molar-refractivity contribution in [1.29, 1.82) is 0 Å². The summed E-state index contributed by atoms with van der Waals surface area (Å²) in [6.07, 6.45) is 1.10. The molecule has 0 aromatic carbocycles. The largest absolute Gasteiger partial charge is 0.377 e. The topological polar surface area (TPSA) is 59.6 Å². The van der Waals surface area contributed by atoms with Gasteiger partial charge in [0.25, 0.3) is 0 Å². The average molecular weight is 343 g/mol. The Morgan fingerprint density at radius 1 is 1.44 bits per heavy atom. The Hall–Kier alpha value is -0.0400. The van der Waals surface area contributed by atoms with Crippen LogP contribution in [-0.2, 0) is 4.74 Å². The Balaban J connectivity index is 0. The Kier molecular flexibility index (Phi) is 10.4. The molecule has 0 radical (unpaired) electrons.